The molecule has 0 spiro atoms. The Morgan fingerprint density at radius 1 is 1.31 bits per heavy atom. The topological polar surface area (TPSA) is 70.7 Å². The maximum atomic E-state index is 12.7. The van der Waals surface area contributed by atoms with E-state index in [1.807, 2.05) is 29.2 Å². The number of nitrogens with zero attached hydrogens (tertiary/aromatic N) is 1. The van der Waals surface area contributed by atoms with Gasteiger partial charge in [0.15, 0.2) is 0 Å². The molecule has 1 aromatic carbocycles. The smallest absolute Gasteiger partial charge is 0.256 e. The summed E-state index contributed by atoms with van der Waals surface area (Å²) in [5.74, 6) is 0.122. The molecule has 2 heterocycles. The summed E-state index contributed by atoms with van der Waals surface area (Å²) < 4.78 is 5.57. The Balaban J connectivity index is 0.00000243. The van der Waals surface area contributed by atoms with Crippen molar-refractivity contribution in [3.05, 3.63) is 29.8 Å². The fourth-order valence-corrected chi connectivity index (χ4v) is 3.60. The predicted octanol–water partition coefficient (Wildman–Crippen LogP) is 2.33. The lowest BCUT2D eigenvalue weighted by Crippen LogP contribution is -2.51. The number of piperidine rings is 2. The number of rotatable bonds is 5. The second-order valence-corrected chi connectivity index (χ2v) is 6.88. The van der Waals surface area contributed by atoms with E-state index >= 15 is 0 Å². The van der Waals surface area contributed by atoms with Crippen LogP contribution < -0.4 is 10.6 Å². The van der Waals surface area contributed by atoms with Crippen molar-refractivity contribution >= 4 is 29.9 Å². The zero-order chi connectivity index (χ0) is 17.7. The lowest BCUT2D eigenvalue weighted by atomic mass is 9.91. The van der Waals surface area contributed by atoms with Crippen molar-refractivity contribution in [2.45, 2.75) is 44.2 Å². The molecule has 26 heavy (non-hydrogen) atoms. The Kier molecular flexibility index (Phi) is 7.43. The Labute approximate surface area is 161 Å². The summed E-state index contributed by atoms with van der Waals surface area (Å²) in [6.07, 6.45) is 4.02. The highest BCUT2D eigenvalue weighted by Crippen LogP contribution is 2.25. The minimum atomic E-state index is -0.760. The van der Waals surface area contributed by atoms with Crippen LogP contribution >= 0.6 is 12.4 Å². The van der Waals surface area contributed by atoms with Crippen LogP contribution in [0.15, 0.2) is 24.3 Å². The molecule has 3 rings (SSSR count). The van der Waals surface area contributed by atoms with Crippen molar-refractivity contribution in [1.82, 2.24) is 10.2 Å². The number of halogens is 1. The Hall–Kier alpha value is -1.63. The minimum absolute atomic E-state index is 0. The van der Waals surface area contributed by atoms with E-state index in [-0.39, 0.29) is 24.2 Å². The molecule has 1 aromatic rings. The first-order valence-corrected chi connectivity index (χ1v) is 9.07. The Morgan fingerprint density at radius 3 is 2.77 bits per heavy atom. The third kappa shape index (κ3) is 4.75. The molecule has 6 nitrogen and oxygen atoms in total. The van der Waals surface area contributed by atoms with Gasteiger partial charge in [0.05, 0.1) is 0 Å². The molecule has 2 saturated heterocycles. The van der Waals surface area contributed by atoms with Gasteiger partial charge in [-0.3, -0.25) is 9.59 Å². The molecular weight excluding hydrogens is 354 g/mol. The number of ether oxygens (including phenoxy) is 1. The third-order valence-corrected chi connectivity index (χ3v) is 5.20. The van der Waals surface area contributed by atoms with E-state index in [1.54, 1.807) is 7.11 Å². The minimum Gasteiger partial charge on any atom is -0.368 e. The molecule has 0 bridgehead atoms. The highest BCUT2D eigenvalue weighted by atomic mass is 35.5. The molecular formula is C19H28ClN3O3. The zero-order valence-corrected chi connectivity index (χ0v) is 16.1. The highest BCUT2D eigenvalue weighted by molar-refractivity contribution is 5.97. The van der Waals surface area contributed by atoms with E-state index in [1.165, 1.54) is 0 Å². The quantitative estimate of drug-likeness (QED) is 0.821. The molecule has 2 amide bonds. The molecule has 0 aliphatic carbocycles. The van der Waals surface area contributed by atoms with Gasteiger partial charge in [-0.1, -0.05) is 12.1 Å². The summed E-state index contributed by atoms with van der Waals surface area (Å²) in [4.78, 5) is 26.6. The van der Waals surface area contributed by atoms with Crippen LogP contribution in [0.3, 0.4) is 0 Å². The second-order valence-electron chi connectivity index (χ2n) is 6.88. The number of methoxy groups -OCH3 is 1. The number of anilines is 1. The van der Waals surface area contributed by atoms with Crippen molar-refractivity contribution in [3.63, 3.8) is 0 Å². The number of amides is 2. The number of hydrogen-bond donors (Lipinski definition) is 2. The number of carbonyl (C=O) groups is 2. The van der Waals surface area contributed by atoms with Gasteiger partial charge in [0.2, 0.25) is 5.91 Å². The molecule has 0 aromatic heterocycles. The number of likely N-dealkylation sites (tertiary alicyclic amines) is 1. The first kappa shape index (κ1) is 20.7. The van der Waals surface area contributed by atoms with Crippen LogP contribution in [0.4, 0.5) is 5.69 Å². The van der Waals surface area contributed by atoms with Crippen LogP contribution in [0, 0.1) is 0 Å². The third-order valence-electron chi connectivity index (χ3n) is 5.20. The van der Waals surface area contributed by atoms with Gasteiger partial charge in [0, 0.05) is 32.3 Å². The van der Waals surface area contributed by atoms with Crippen molar-refractivity contribution in [3.8, 4) is 0 Å². The van der Waals surface area contributed by atoms with Gasteiger partial charge in [-0.25, -0.2) is 0 Å². The van der Waals surface area contributed by atoms with Crippen LogP contribution in [0.2, 0.25) is 0 Å². The van der Waals surface area contributed by atoms with Crippen LogP contribution in [-0.2, 0) is 20.9 Å². The van der Waals surface area contributed by atoms with E-state index in [4.69, 9.17) is 4.74 Å². The molecule has 144 valence electrons. The average Bonchev–Trinajstić information content (AvgIpc) is 2.64. The maximum Gasteiger partial charge on any atom is 0.256 e. The SMILES string of the molecule is COC1(C(=O)Nc2cccc(CN3CCCCC3=O)c2)CCNCC1.Cl. The van der Waals surface area contributed by atoms with Crippen molar-refractivity contribution in [2.75, 3.05) is 32.1 Å². The van der Waals surface area contributed by atoms with E-state index in [9.17, 15) is 9.59 Å². The molecule has 0 atom stereocenters. The van der Waals surface area contributed by atoms with Crippen LogP contribution in [-0.4, -0.2) is 49.1 Å². The Bertz CT molecular complexity index is 632. The van der Waals surface area contributed by atoms with Crippen LogP contribution in [0.5, 0.6) is 0 Å². The van der Waals surface area contributed by atoms with Crippen LogP contribution in [0.25, 0.3) is 0 Å². The summed E-state index contributed by atoms with van der Waals surface area (Å²) in [7, 11) is 1.60. The van der Waals surface area contributed by atoms with E-state index in [2.05, 4.69) is 10.6 Å². The molecule has 2 fully saturated rings. The predicted molar refractivity (Wildman–Crippen MR) is 103 cm³/mol. The van der Waals surface area contributed by atoms with E-state index in [0.717, 1.165) is 43.7 Å². The summed E-state index contributed by atoms with van der Waals surface area (Å²) >= 11 is 0. The summed E-state index contributed by atoms with van der Waals surface area (Å²) in [5, 5.41) is 6.25. The van der Waals surface area contributed by atoms with Gasteiger partial charge in [0.1, 0.15) is 5.60 Å². The number of carbonyl (C=O) groups excluding carboxylic acids is 2. The maximum absolute atomic E-state index is 12.7. The van der Waals surface area contributed by atoms with Gasteiger partial charge in [-0.2, -0.15) is 0 Å². The highest BCUT2D eigenvalue weighted by Gasteiger charge is 2.39. The summed E-state index contributed by atoms with van der Waals surface area (Å²) in [6, 6.07) is 7.74. The average molecular weight is 382 g/mol. The standard InChI is InChI=1S/C19H27N3O3.ClH/c1-25-19(8-10-20-11-9-19)18(24)21-16-6-4-5-15(13-16)14-22-12-3-2-7-17(22)23;/h4-6,13,20H,2-3,7-12,14H2,1H3,(H,21,24);1H. The summed E-state index contributed by atoms with van der Waals surface area (Å²) in [5.41, 5.74) is 1.02. The van der Waals surface area contributed by atoms with Gasteiger partial charge in [-0.15, -0.1) is 12.4 Å². The lowest BCUT2D eigenvalue weighted by molar-refractivity contribution is -0.140. The molecule has 0 saturated carbocycles. The van der Waals surface area contributed by atoms with E-state index in [0.29, 0.717) is 25.8 Å². The monoisotopic (exact) mass is 381 g/mol. The summed E-state index contributed by atoms with van der Waals surface area (Å²) in [6.45, 7) is 2.97. The second kappa shape index (κ2) is 9.35. The fraction of sp³-hybridized carbons (Fsp3) is 0.579. The Morgan fingerprint density at radius 2 is 2.08 bits per heavy atom. The van der Waals surface area contributed by atoms with Gasteiger partial charge in [0.25, 0.3) is 5.91 Å². The largest absolute Gasteiger partial charge is 0.368 e. The van der Waals surface area contributed by atoms with Gasteiger partial charge < -0.3 is 20.3 Å². The van der Waals surface area contributed by atoms with Crippen molar-refractivity contribution in [2.24, 2.45) is 0 Å². The zero-order valence-electron chi connectivity index (χ0n) is 15.3. The number of nitrogens with one attached hydrogen (secondary N) is 2. The molecule has 7 heteroatoms. The van der Waals surface area contributed by atoms with Gasteiger partial charge in [-0.05, 0) is 56.5 Å². The first-order chi connectivity index (χ1) is 12.1. The normalized spacial score (nSPS) is 19.6. The molecule has 0 radical (unpaired) electrons. The molecule has 2 aliphatic heterocycles. The fourth-order valence-electron chi connectivity index (χ4n) is 3.60. The van der Waals surface area contributed by atoms with Crippen molar-refractivity contribution < 1.29 is 14.3 Å². The first-order valence-electron chi connectivity index (χ1n) is 9.07. The number of hydrogen-bond acceptors (Lipinski definition) is 4. The lowest BCUT2D eigenvalue weighted by Gasteiger charge is -2.34. The van der Waals surface area contributed by atoms with Crippen molar-refractivity contribution in [1.29, 1.82) is 0 Å². The van der Waals surface area contributed by atoms with Gasteiger partial charge >= 0.3 is 0 Å². The number of benzene rings is 1. The van der Waals surface area contributed by atoms with Crippen LogP contribution in [0.1, 0.15) is 37.7 Å². The molecule has 2 aliphatic rings. The molecule has 0 unspecified atom stereocenters. The molecule has 2 N–H and O–H groups in total. The van der Waals surface area contributed by atoms with E-state index < -0.39 is 5.60 Å².